The number of ether oxygens (including phenoxy) is 1. The fraction of sp³-hybridized carbons (Fsp3) is 0.286. The SMILES string of the molecule is CC/C=C(/C#Cc1ccncc1N)C(=NC)OC. The van der Waals surface area contributed by atoms with Crippen LogP contribution in [0.2, 0.25) is 0 Å². The molecule has 0 fully saturated rings. The van der Waals surface area contributed by atoms with E-state index in [1.165, 1.54) is 0 Å². The molecule has 0 saturated heterocycles. The highest BCUT2D eigenvalue weighted by Crippen LogP contribution is 2.07. The van der Waals surface area contributed by atoms with E-state index >= 15 is 0 Å². The first-order chi connectivity index (χ1) is 8.72. The number of nitrogens with two attached hydrogens (primary N) is 1. The number of hydrogen-bond acceptors (Lipinski definition) is 4. The first kappa shape index (κ1) is 13.8. The highest BCUT2D eigenvalue weighted by atomic mass is 16.5. The van der Waals surface area contributed by atoms with Gasteiger partial charge in [-0.2, -0.15) is 0 Å². The molecule has 4 heteroatoms. The summed E-state index contributed by atoms with van der Waals surface area (Å²) in [5.41, 5.74) is 7.85. The second-order valence-electron chi connectivity index (χ2n) is 3.47. The Hall–Kier alpha value is -2.28. The summed E-state index contributed by atoms with van der Waals surface area (Å²) in [4.78, 5) is 7.96. The third-order valence-corrected chi connectivity index (χ3v) is 2.22. The Labute approximate surface area is 108 Å². The van der Waals surface area contributed by atoms with E-state index in [1.54, 1.807) is 32.6 Å². The number of nitrogens with zero attached hydrogens (tertiary/aromatic N) is 2. The molecule has 0 aliphatic rings. The molecule has 0 unspecified atom stereocenters. The standard InChI is InChI=1S/C14H17N3O/c1-4-5-12(14(16-2)18-3)7-6-11-8-9-17-10-13(11)15/h5,8-10H,4,15H2,1-3H3/b12-5-,16-14?. The zero-order valence-electron chi connectivity index (χ0n) is 10.9. The molecule has 0 saturated carbocycles. The zero-order chi connectivity index (χ0) is 13.4. The van der Waals surface area contributed by atoms with Gasteiger partial charge in [0, 0.05) is 13.2 Å². The summed E-state index contributed by atoms with van der Waals surface area (Å²) in [6.07, 6.45) is 6.07. The average Bonchev–Trinajstić information content (AvgIpc) is 2.39. The van der Waals surface area contributed by atoms with Crippen LogP contribution in [0.1, 0.15) is 18.9 Å². The molecule has 0 bridgehead atoms. The van der Waals surface area contributed by atoms with E-state index in [0.717, 1.165) is 17.6 Å². The minimum Gasteiger partial charge on any atom is -0.480 e. The minimum absolute atomic E-state index is 0.525. The van der Waals surface area contributed by atoms with Crippen molar-refractivity contribution in [2.24, 2.45) is 4.99 Å². The van der Waals surface area contributed by atoms with Gasteiger partial charge in [-0.3, -0.25) is 9.98 Å². The predicted molar refractivity (Wildman–Crippen MR) is 74.3 cm³/mol. The smallest absolute Gasteiger partial charge is 0.223 e. The van der Waals surface area contributed by atoms with Crippen molar-refractivity contribution in [3.8, 4) is 11.8 Å². The number of allylic oxidation sites excluding steroid dienone is 1. The number of nitrogen functional groups attached to an aromatic ring is 1. The molecule has 94 valence electrons. The van der Waals surface area contributed by atoms with Crippen molar-refractivity contribution >= 4 is 11.6 Å². The number of methoxy groups -OCH3 is 1. The molecule has 1 rings (SSSR count). The van der Waals surface area contributed by atoms with E-state index in [2.05, 4.69) is 21.8 Å². The van der Waals surface area contributed by atoms with Gasteiger partial charge in [0.2, 0.25) is 5.90 Å². The number of rotatable bonds is 2. The number of pyridine rings is 1. The second kappa shape index (κ2) is 7.13. The van der Waals surface area contributed by atoms with Crippen molar-refractivity contribution in [1.29, 1.82) is 0 Å². The molecular formula is C14H17N3O. The van der Waals surface area contributed by atoms with E-state index in [1.807, 2.05) is 13.0 Å². The quantitative estimate of drug-likeness (QED) is 0.491. The zero-order valence-corrected chi connectivity index (χ0v) is 10.9. The molecule has 0 spiro atoms. The van der Waals surface area contributed by atoms with Crippen LogP contribution >= 0.6 is 0 Å². The molecule has 1 aromatic heterocycles. The van der Waals surface area contributed by atoms with Gasteiger partial charge in [-0.15, -0.1) is 0 Å². The van der Waals surface area contributed by atoms with E-state index in [9.17, 15) is 0 Å². The Morgan fingerprint density at radius 2 is 2.39 bits per heavy atom. The van der Waals surface area contributed by atoms with Crippen LogP contribution in [0, 0.1) is 11.8 Å². The number of anilines is 1. The van der Waals surface area contributed by atoms with Gasteiger partial charge < -0.3 is 10.5 Å². The predicted octanol–water partition coefficient (Wildman–Crippen LogP) is 2.03. The van der Waals surface area contributed by atoms with Crippen LogP contribution in [0.25, 0.3) is 0 Å². The Bertz CT molecular complexity index is 521. The molecule has 4 nitrogen and oxygen atoms in total. The molecule has 0 amide bonds. The Morgan fingerprint density at radius 1 is 1.61 bits per heavy atom. The number of aromatic nitrogens is 1. The maximum Gasteiger partial charge on any atom is 0.223 e. The third kappa shape index (κ3) is 3.63. The maximum absolute atomic E-state index is 5.78. The Balaban J connectivity index is 3.07. The lowest BCUT2D eigenvalue weighted by Gasteiger charge is -2.02. The Kier molecular flexibility index (Phi) is 5.46. The maximum atomic E-state index is 5.78. The fourth-order valence-corrected chi connectivity index (χ4v) is 1.37. The van der Waals surface area contributed by atoms with Crippen molar-refractivity contribution in [3.05, 3.63) is 35.7 Å². The highest BCUT2D eigenvalue weighted by Gasteiger charge is 2.02. The number of hydrogen-bond donors (Lipinski definition) is 1. The van der Waals surface area contributed by atoms with Gasteiger partial charge in [0.05, 0.1) is 30.1 Å². The fourth-order valence-electron chi connectivity index (χ4n) is 1.37. The van der Waals surface area contributed by atoms with Crippen molar-refractivity contribution < 1.29 is 4.74 Å². The van der Waals surface area contributed by atoms with Crippen molar-refractivity contribution in [2.45, 2.75) is 13.3 Å². The first-order valence-electron chi connectivity index (χ1n) is 5.65. The van der Waals surface area contributed by atoms with Gasteiger partial charge in [-0.1, -0.05) is 24.8 Å². The summed E-state index contributed by atoms with van der Waals surface area (Å²) in [6, 6.07) is 1.78. The molecule has 1 aromatic rings. The summed E-state index contributed by atoms with van der Waals surface area (Å²) in [5, 5.41) is 0. The lowest BCUT2D eigenvalue weighted by Crippen LogP contribution is -2.04. The van der Waals surface area contributed by atoms with Crippen LogP contribution < -0.4 is 5.73 Å². The highest BCUT2D eigenvalue weighted by molar-refractivity contribution is 5.98. The summed E-state index contributed by atoms with van der Waals surface area (Å²) in [6.45, 7) is 2.03. The molecule has 0 aromatic carbocycles. The molecule has 2 N–H and O–H groups in total. The van der Waals surface area contributed by atoms with E-state index in [4.69, 9.17) is 10.5 Å². The summed E-state index contributed by atoms with van der Waals surface area (Å²) in [7, 11) is 3.25. The van der Waals surface area contributed by atoms with Crippen LogP contribution in [0.4, 0.5) is 5.69 Å². The lowest BCUT2D eigenvalue weighted by atomic mass is 10.2. The van der Waals surface area contributed by atoms with Gasteiger partial charge in [0.25, 0.3) is 0 Å². The van der Waals surface area contributed by atoms with Crippen molar-refractivity contribution in [2.75, 3.05) is 19.9 Å². The van der Waals surface area contributed by atoms with Gasteiger partial charge in [0.1, 0.15) is 0 Å². The number of aliphatic imine (C=N–C) groups is 1. The van der Waals surface area contributed by atoms with E-state index in [0.29, 0.717) is 11.6 Å². The summed E-state index contributed by atoms with van der Waals surface area (Å²) in [5.74, 6) is 6.56. The van der Waals surface area contributed by atoms with Gasteiger partial charge in [0.15, 0.2) is 0 Å². The molecule has 18 heavy (non-hydrogen) atoms. The molecule has 0 atom stereocenters. The summed E-state index contributed by atoms with van der Waals surface area (Å²) >= 11 is 0. The van der Waals surface area contributed by atoms with Gasteiger partial charge >= 0.3 is 0 Å². The van der Waals surface area contributed by atoms with Crippen molar-refractivity contribution in [3.63, 3.8) is 0 Å². The van der Waals surface area contributed by atoms with E-state index in [-0.39, 0.29) is 0 Å². The lowest BCUT2D eigenvalue weighted by molar-refractivity contribution is 0.404. The molecule has 0 radical (unpaired) electrons. The normalized spacial score (nSPS) is 11.7. The third-order valence-electron chi connectivity index (χ3n) is 2.22. The largest absolute Gasteiger partial charge is 0.480 e. The van der Waals surface area contributed by atoms with Crippen molar-refractivity contribution in [1.82, 2.24) is 4.98 Å². The monoisotopic (exact) mass is 243 g/mol. The average molecular weight is 243 g/mol. The van der Waals surface area contributed by atoms with Gasteiger partial charge in [-0.25, -0.2) is 0 Å². The van der Waals surface area contributed by atoms with Crippen LogP contribution in [0.5, 0.6) is 0 Å². The molecule has 0 aliphatic carbocycles. The van der Waals surface area contributed by atoms with Crippen LogP contribution in [0.15, 0.2) is 35.1 Å². The Morgan fingerprint density at radius 3 is 2.94 bits per heavy atom. The minimum atomic E-state index is 0.525. The van der Waals surface area contributed by atoms with Crippen LogP contribution in [-0.4, -0.2) is 25.0 Å². The van der Waals surface area contributed by atoms with Gasteiger partial charge in [-0.05, 0) is 12.5 Å². The molecular weight excluding hydrogens is 226 g/mol. The van der Waals surface area contributed by atoms with Crippen LogP contribution in [0.3, 0.4) is 0 Å². The van der Waals surface area contributed by atoms with E-state index < -0.39 is 0 Å². The molecule has 1 heterocycles. The second-order valence-corrected chi connectivity index (χ2v) is 3.47. The first-order valence-corrected chi connectivity index (χ1v) is 5.65. The van der Waals surface area contributed by atoms with Crippen LogP contribution in [-0.2, 0) is 4.74 Å². The molecule has 0 aliphatic heterocycles. The summed E-state index contributed by atoms with van der Waals surface area (Å²) < 4.78 is 5.17. The topological polar surface area (TPSA) is 60.5 Å².